The number of nitrogens with zero attached hydrogens (tertiary/aromatic N) is 2. The van der Waals surface area contributed by atoms with E-state index in [2.05, 4.69) is 12.2 Å². The van der Waals surface area contributed by atoms with Crippen LogP contribution in [0.3, 0.4) is 0 Å². The van der Waals surface area contributed by atoms with E-state index in [1.807, 2.05) is 4.90 Å². The molecule has 1 saturated heterocycles. The number of sulfone groups is 1. The summed E-state index contributed by atoms with van der Waals surface area (Å²) in [6.07, 6.45) is 6.19. The molecule has 216 valence electrons. The van der Waals surface area contributed by atoms with Crippen LogP contribution >= 0.6 is 0 Å². The van der Waals surface area contributed by atoms with Gasteiger partial charge in [0.15, 0.2) is 9.84 Å². The maximum Gasteiger partial charge on any atom is 0.257 e. The van der Waals surface area contributed by atoms with Crippen molar-refractivity contribution in [1.82, 2.24) is 0 Å². The summed E-state index contributed by atoms with van der Waals surface area (Å²) in [4.78, 5) is 15.5. The van der Waals surface area contributed by atoms with E-state index in [0.717, 1.165) is 36.2 Å². The van der Waals surface area contributed by atoms with Crippen molar-refractivity contribution in [3.8, 4) is 0 Å². The van der Waals surface area contributed by atoms with Crippen molar-refractivity contribution < 1.29 is 26.7 Å². The average molecular weight is 581 g/mol. The Labute approximate surface area is 232 Å². The standard InChI is InChI=1S/C27H40N4O6S2/c1-4-5-6-7-8-17-39(36,37)23-12-9-21(10-13-23)29-26(32)24-18-22(31-16-15-27(33,19-28)20-31)11-14-25(24)30(2)38(3,34)35/h9-14,18,33H,4-8,15-17,19-20,28H2,1-3H3,(H,29,32)/t27-/m1/s1. The first-order valence-electron chi connectivity index (χ1n) is 13.2. The predicted octanol–water partition coefficient (Wildman–Crippen LogP) is 2.98. The Hall–Kier alpha value is -2.67. The molecule has 39 heavy (non-hydrogen) atoms. The summed E-state index contributed by atoms with van der Waals surface area (Å²) < 4.78 is 50.9. The number of nitrogens with two attached hydrogens (primary N) is 1. The topological polar surface area (TPSA) is 150 Å². The molecule has 12 heteroatoms. The molecule has 3 rings (SSSR count). The molecule has 1 heterocycles. The fourth-order valence-electron chi connectivity index (χ4n) is 4.56. The molecule has 1 fully saturated rings. The molecule has 1 amide bonds. The molecule has 1 atom stereocenters. The minimum absolute atomic E-state index is 0.0756. The number of carbonyl (C=O) groups excluding carboxylic acids is 1. The molecule has 1 aliphatic rings. The highest BCUT2D eigenvalue weighted by Gasteiger charge is 2.35. The van der Waals surface area contributed by atoms with Gasteiger partial charge < -0.3 is 21.1 Å². The van der Waals surface area contributed by atoms with E-state index < -0.39 is 31.4 Å². The third kappa shape index (κ3) is 7.93. The number of carbonyl (C=O) groups is 1. The van der Waals surface area contributed by atoms with Crippen molar-refractivity contribution in [2.45, 2.75) is 55.9 Å². The van der Waals surface area contributed by atoms with E-state index in [1.54, 1.807) is 18.2 Å². The lowest BCUT2D eigenvalue weighted by atomic mass is 10.0. The molecule has 4 N–H and O–H groups in total. The van der Waals surface area contributed by atoms with E-state index in [-0.39, 0.29) is 28.4 Å². The number of nitrogens with one attached hydrogen (secondary N) is 1. The second-order valence-electron chi connectivity index (χ2n) is 10.2. The Balaban J connectivity index is 1.81. The van der Waals surface area contributed by atoms with Crippen LogP contribution in [0.25, 0.3) is 0 Å². The number of amides is 1. The van der Waals surface area contributed by atoms with Crippen molar-refractivity contribution in [2.75, 3.05) is 53.2 Å². The largest absolute Gasteiger partial charge is 0.387 e. The number of unbranched alkanes of at least 4 members (excludes halogenated alkanes) is 4. The van der Waals surface area contributed by atoms with Gasteiger partial charge in [0.25, 0.3) is 5.91 Å². The average Bonchev–Trinajstić information content (AvgIpc) is 3.30. The van der Waals surface area contributed by atoms with Crippen LogP contribution in [0.15, 0.2) is 47.4 Å². The summed E-state index contributed by atoms with van der Waals surface area (Å²) in [5.74, 6) is -0.478. The van der Waals surface area contributed by atoms with Crippen LogP contribution in [0.4, 0.5) is 17.1 Å². The Morgan fingerprint density at radius 1 is 1.08 bits per heavy atom. The minimum atomic E-state index is -3.66. The van der Waals surface area contributed by atoms with Gasteiger partial charge in [-0.1, -0.05) is 32.6 Å². The van der Waals surface area contributed by atoms with E-state index in [0.29, 0.717) is 37.3 Å². The van der Waals surface area contributed by atoms with Crippen molar-refractivity contribution in [1.29, 1.82) is 0 Å². The molecule has 0 radical (unpaired) electrons. The van der Waals surface area contributed by atoms with Crippen molar-refractivity contribution >= 4 is 42.8 Å². The number of anilines is 3. The van der Waals surface area contributed by atoms with Gasteiger partial charge in [-0.2, -0.15) is 0 Å². The Morgan fingerprint density at radius 2 is 1.74 bits per heavy atom. The van der Waals surface area contributed by atoms with Gasteiger partial charge in [0.05, 0.1) is 33.8 Å². The smallest absolute Gasteiger partial charge is 0.257 e. The van der Waals surface area contributed by atoms with Gasteiger partial charge >= 0.3 is 0 Å². The summed E-state index contributed by atoms with van der Waals surface area (Å²) >= 11 is 0. The van der Waals surface area contributed by atoms with E-state index in [1.165, 1.54) is 31.3 Å². The number of β-amino-alcohol motifs (C(OH)–C–C–N with tert-alkyl or cyclic N) is 1. The lowest BCUT2D eigenvalue weighted by Gasteiger charge is -2.25. The molecule has 0 saturated carbocycles. The summed E-state index contributed by atoms with van der Waals surface area (Å²) in [6, 6.07) is 10.8. The summed E-state index contributed by atoms with van der Waals surface area (Å²) in [6.45, 7) is 3.04. The molecule has 0 aromatic heterocycles. The monoisotopic (exact) mass is 580 g/mol. The van der Waals surface area contributed by atoms with Gasteiger partial charge in [0, 0.05) is 38.1 Å². The Kier molecular flexibility index (Phi) is 10.0. The van der Waals surface area contributed by atoms with Crippen LogP contribution in [0, 0.1) is 0 Å². The van der Waals surface area contributed by atoms with Crippen molar-refractivity contribution in [3.63, 3.8) is 0 Å². The zero-order valence-corrected chi connectivity index (χ0v) is 24.5. The lowest BCUT2D eigenvalue weighted by molar-refractivity contribution is 0.0725. The first-order valence-corrected chi connectivity index (χ1v) is 16.7. The predicted molar refractivity (Wildman–Crippen MR) is 156 cm³/mol. The number of benzene rings is 2. The fraction of sp³-hybridized carbons (Fsp3) is 0.519. The third-order valence-corrected chi connectivity index (χ3v) is 10.1. The zero-order chi connectivity index (χ0) is 28.8. The molecule has 0 unspecified atom stereocenters. The number of sulfonamides is 1. The second-order valence-corrected chi connectivity index (χ2v) is 14.4. The van der Waals surface area contributed by atoms with Crippen LogP contribution in [0.2, 0.25) is 0 Å². The highest BCUT2D eigenvalue weighted by Crippen LogP contribution is 2.32. The maximum atomic E-state index is 13.4. The number of hydrogen-bond acceptors (Lipinski definition) is 8. The van der Waals surface area contributed by atoms with Crippen molar-refractivity contribution in [3.05, 3.63) is 48.0 Å². The second kappa shape index (κ2) is 12.7. The van der Waals surface area contributed by atoms with Gasteiger partial charge in [-0.3, -0.25) is 9.10 Å². The van der Waals surface area contributed by atoms with Crippen LogP contribution in [-0.4, -0.2) is 72.1 Å². The molecule has 0 aliphatic carbocycles. The molecular weight excluding hydrogens is 540 g/mol. The lowest BCUT2D eigenvalue weighted by Crippen LogP contribution is -2.40. The van der Waals surface area contributed by atoms with Gasteiger partial charge in [-0.15, -0.1) is 0 Å². The van der Waals surface area contributed by atoms with Crippen molar-refractivity contribution in [2.24, 2.45) is 5.73 Å². The quantitative estimate of drug-likeness (QED) is 0.306. The van der Waals surface area contributed by atoms with Crippen LogP contribution in [0.1, 0.15) is 55.8 Å². The summed E-state index contributed by atoms with van der Waals surface area (Å²) in [7, 11) is -5.72. The van der Waals surface area contributed by atoms with Crippen LogP contribution in [-0.2, 0) is 19.9 Å². The summed E-state index contributed by atoms with van der Waals surface area (Å²) in [5.41, 5.74) is 6.02. The zero-order valence-electron chi connectivity index (χ0n) is 22.9. The normalized spacial score (nSPS) is 17.8. The van der Waals surface area contributed by atoms with Gasteiger partial charge in [0.2, 0.25) is 10.0 Å². The number of rotatable bonds is 13. The molecule has 10 nitrogen and oxygen atoms in total. The highest BCUT2D eigenvalue weighted by molar-refractivity contribution is 7.92. The molecule has 2 aromatic rings. The number of aliphatic hydroxyl groups is 1. The molecule has 0 spiro atoms. The van der Waals surface area contributed by atoms with E-state index >= 15 is 0 Å². The van der Waals surface area contributed by atoms with Crippen LogP contribution in [0.5, 0.6) is 0 Å². The van der Waals surface area contributed by atoms with E-state index in [4.69, 9.17) is 5.73 Å². The number of hydrogen-bond donors (Lipinski definition) is 3. The van der Waals surface area contributed by atoms with Gasteiger partial charge in [-0.05, 0) is 55.3 Å². The Bertz CT molecular complexity index is 1360. The van der Waals surface area contributed by atoms with Gasteiger partial charge in [-0.25, -0.2) is 16.8 Å². The highest BCUT2D eigenvalue weighted by atomic mass is 32.2. The molecule has 0 bridgehead atoms. The molecular formula is C27H40N4O6S2. The van der Waals surface area contributed by atoms with E-state index in [9.17, 15) is 26.7 Å². The summed E-state index contributed by atoms with van der Waals surface area (Å²) in [5, 5.41) is 13.3. The SMILES string of the molecule is CCCCCCCS(=O)(=O)c1ccc(NC(=O)c2cc(N3CC[C@@](O)(CN)C3)ccc2N(C)S(C)(=O)=O)cc1. The fourth-order valence-corrected chi connectivity index (χ4v) is 6.44. The molecule has 1 aliphatic heterocycles. The van der Waals surface area contributed by atoms with Gasteiger partial charge in [0.1, 0.15) is 0 Å². The first-order chi connectivity index (χ1) is 18.3. The molecule has 2 aromatic carbocycles. The third-order valence-electron chi connectivity index (χ3n) is 7.13. The Morgan fingerprint density at radius 3 is 2.33 bits per heavy atom. The first kappa shape index (κ1) is 30.9. The minimum Gasteiger partial charge on any atom is -0.387 e. The van der Waals surface area contributed by atoms with Crippen LogP contribution < -0.4 is 20.3 Å². The maximum absolute atomic E-state index is 13.4.